The lowest BCUT2D eigenvalue weighted by molar-refractivity contribution is -0.135. The number of carbonyl (C=O) groups excluding carboxylic acids is 2. The van der Waals surface area contributed by atoms with Crippen molar-refractivity contribution < 1.29 is 9.59 Å². The van der Waals surface area contributed by atoms with Crippen LogP contribution in [-0.2, 0) is 9.59 Å². The Bertz CT molecular complexity index is 350. The van der Waals surface area contributed by atoms with Crippen molar-refractivity contribution in [3.63, 3.8) is 0 Å². The molecule has 100 valence electrons. The van der Waals surface area contributed by atoms with Gasteiger partial charge in [0.2, 0.25) is 11.8 Å². The van der Waals surface area contributed by atoms with Crippen molar-refractivity contribution in [2.75, 3.05) is 33.2 Å². The zero-order chi connectivity index (χ0) is 13.5. The third-order valence-corrected chi connectivity index (χ3v) is 3.15. The molecule has 0 spiro atoms. The van der Waals surface area contributed by atoms with Crippen LogP contribution in [0.3, 0.4) is 0 Å². The average molecular weight is 252 g/mol. The van der Waals surface area contributed by atoms with Crippen LogP contribution in [0.5, 0.6) is 0 Å². The fourth-order valence-electron chi connectivity index (χ4n) is 2.03. The number of hydrogen-bond donors (Lipinski definition) is 1. The second kappa shape index (κ2) is 6.97. The lowest BCUT2D eigenvalue weighted by atomic mass is 10.1. The Morgan fingerprint density at radius 2 is 2.39 bits per heavy atom. The lowest BCUT2D eigenvalue weighted by Gasteiger charge is -2.34. The minimum Gasteiger partial charge on any atom is -0.353 e. The number of nitrogens with one attached hydrogen (secondary N) is 1. The molecule has 1 aliphatic rings. The molecule has 1 aliphatic heterocycles. The topological polar surface area (TPSA) is 76.4 Å². The summed E-state index contributed by atoms with van der Waals surface area (Å²) in [7, 11) is 1.69. The van der Waals surface area contributed by atoms with Crippen molar-refractivity contribution in [3.05, 3.63) is 0 Å². The minimum absolute atomic E-state index is 0.00349. The van der Waals surface area contributed by atoms with Gasteiger partial charge in [-0.25, -0.2) is 0 Å². The molecule has 1 heterocycles. The Labute approximate surface area is 108 Å². The Balaban J connectivity index is 2.52. The Hall–Kier alpha value is -1.61. The summed E-state index contributed by atoms with van der Waals surface area (Å²) in [5.74, 6) is -0.0466. The van der Waals surface area contributed by atoms with Gasteiger partial charge in [-0.05, 0) is 6.42 Å². The smallest absolute Gasteiger partial charge is 0.237 e. The summed E-state index contributed by atoms with van der Waals surface area (Å²) in [4.78, 5) is 27.0. The van der Waals surface area contributed by atoms with Crippen LogP contribution < -0.4 is 5.32 Å². The second-order valence-electron chi connectivity index (χ2n) is 4.41. The quantitative estimate of drug-likeness (QED) is 0.720. The summed E-state index contributed by atoms with van der Waals surface area (Å²) < 4.78 is 0. The maximum absolute atomic E-state index is 11.9. The van der Waals surface area contributed by atoms with E-state index in [1.54, 1.807) is 11.9 Å². The number of nitrogens with zero attached hydrogens (tertiary/aromatic N) is 3. The van der Waals surface area contributed by atoms with E-state index in [4.69, 9.17) is 5.26 Å². The van der Waals surface area contributed by atoms with Gasteiger partial charge in [0.25, 0.3) is 0 Å². The molecule has 1 fully saturated rings. The van der Waals surface area contributed by atoms with E-state index in [1.807, 2.05) is 17.9 Å². The predicted octanol–water partition coefficient (Wildman–Crippen LogP) is -0.431. The molecular formula is C12H20N4O2. The van der Waals surface area contributed by atoms with Crippen molar-refractivity contribution >= 4 is 11.8 Å². The van der Waals surface area contributed by atoms with Crippen molar-refractivity contribution in [3.8, 4) is 6.07 Å². The molecule has 0 radical (unpaired) electrons. The predicted molar refractivity (Wildman–Crippen MR) is 66.5 cm³/mol. The van der Waals surface area contributed by atoms with Gasteiger partial charge in [-0.2, -0.15) is 5.26 Å². The molecule has 1 rings (SSSR count). The van der Waals surface area contributed by atoms with Crippen LogP contribution in [0.15, 0.2) is 0 Å². The number of amides is 2. The molecule has 1 saturated heterocycles. The molecule has 0 aromatic rings. The van der Waals surface area contributed by atoms with E-state index in [9.17, 15) is 9.59 Å². The van der Waals surface area contributed by atoms with Gasteiger partial charge in [0.05, 0.1) is 25.1 Å². The highest BCUT2D eigenvalue weighted by Crippen LogP contribution is 2.08. The summed E-state index contributed by atoms with van der Waals surface area (Å²) in [6.45, 7) is 3.90. The minimum atomic E-state index is -0.216. The van der Waals surface area contributed by atoms with Crippen LogP contribution in [0, 0.1) is 11.3 Å². The summed E-state index contributed by atoms with van der Waals surface area (Å²) in [6, 6.07) is 1.80. The van der Waals surface area contributed by atoms with E-state index in [0.29, 0.717) is 32.5 Å². The first-order valence-electron chi connectivity index (χ1n) is 6.22. The Kier molecular flexibility index (Phi) is 5.59. The largest absolute Gasteiger partial charge is 0.353 e. The van der Waals surface area contributed by atoms with Crippen molar-refractivity contribution in [1.82, 2.24) is 15.1 Å². The first-order chi connectivity index (χ1) is 8.60. The summed E-state index contributed by atoms with van der Waals surface area (Å²) in [6.07, 6.45) is 1.03. The molecule has 6 nitrogen and oxygen atoms in total. The van der Waals surface area contributed by atoms with Gasteiger partial charge in [-0.3, -0.25) is 14.5 Å². The summed E-state index contributed by atoms with van der Waals surface area (Å²) in [5.41, 5.74) is 0. The standard InChI is InChI=1S/C12H20N4O2/c1-3-10-12(18)14-6-8-16(10)9-11(17)15(2)7-4-5-13/h10H,3-4,6-9H2,1-2H3,(H,14,18). The number of nitriles is 1. The van der Waals surface area contributed by atoms with Gasteiger partial charge < -0.3 is 10.2 Å². The van der Waals surface area contributed by atoms with Gasteiger partial charge in [0, 0.05) is 26.7 Å². The van der Waals surface area contributed by atoms with E-state index in [0.717, 1.165) is 0 Å². The molecule has 0 saturated carbocycles. The summed E-state index contributed by atoms with van der Waals surface area (Å²) in [5, 5.41) is 11.3. The van der Waals surface area contributed by atoms with E-state index in [-0.39, 0.29) is 24.4 Å². The van der Waals surface area contributed by atoms with Gasteiger partial charge in [-0.15, -0.1) is 0 Å². The molecular weight excluding hydrogens is 232 g/mol. The monoisotopic (exact) mass is 252 g/mol. The normalized spacial score (nSPS) is 20.1. The third-order valence-electron chi connectivity index (χ3n) is 3.15. The molecule has 1 atom stereocenters. The van der Waals surface area contributed by atoms with Crippen LogP contribution in [-0.4, -0.2) is 60.9 Å². The zero-order valence-corrected chi connectivity index (χ0v) is 11.0. The average Bonchev–Trinajstić information content (AvgIpc) is 2.36. The van der Waals surface area contributed by atoms with Gasteiger partial charge in [0.15, 0.2) is 0 Å². The highest BCUT2D eigenvalue weighted by molar-refractivity contribution is 5.84. The van der Waals surface area contributed by atoms with E-state index >= 15 is 0 Å². The zero-order valence-electron chi connectivity index (χ0n) is 11.0. The van der Waals surface area contributed by atoms with Crippen molar-refractivity contribution in [2.45, 2.75) is 25.8 Å². The Morgan fingerprint density at radius 3 is 3.00 bits per heavy atom. The van der Waals surface area contributed by atoms with Gasteiger partial charge >= 0.3 is 0 Å². The molecule has 2 amide bonds. The van der Waals surface area contributed by atoms with Gasteiger partial charge in [0.1, 0.15) is 0 Å². The maximum Gasteiger partial charge on any atom is 0.237 e. The highest BCUT2D eigenvalue weighted by atomic mass is 16.2. The first kappa shape index (κ1) is 14.5. The molecule has 0 aromatic carbocycles. The van der Waals surface area contributed by atoms with E-state index < -0.39 is 0 Å². The summed E-state index contributed by atoms with van der Waals surface area (Å²) >= 11 is 0. The van der Waals surface area contributed by atoms with E-state index in [2.05, 4.69) is 5.32 Å². The van der Waals surface area contributed by atoms with Crippen LogP contribution in [0.4, 0.5) is 0 Å². The number of rotatable bonds is 5. The van der Waals surface area contributed by atoms with Crippen LogP contribution >= 0.6 is 0 Å². The Morgan fingerprint density at radius 1 is 1.67 bits per heavy atom. The molecule has 0 aliphatic carbocycles. The fourth-order valence-corrected chi connectivity index (χ4v) is 2.03. The van der Waals surface area contributed by atoms with Crippen LogP contribution in [0.1, 0.15) is 19.8 Å². The van der Waals surface area contributed by atoms with Crippen molar-refractivity contribution in [2.24, 2.45) is 0 Å². The maximum atomic E-state index is 11.9. The van der Waals surface area contributed by atoms with Crippen LogP contribution in [0.2, 0.25) is 0 Å². The fraction of sp³-hybridized carbons (Fsp3) is 0.750. The molecule has 1 unspecified atom stereocenters. The highest BCUT2D eigenvalue weighted by Gasteiger charge is 2.29. The van der Waals surface area contributed by atoms with E-state index in [1.165, 1.54) is 0 Å². The molecule has 0 bridgehead atoms. The molecule has 1 N–H and O–H groups in total. The number of carbonyl (C=O) groups is 2. The molecule has 6 heteroatoms. The third kappa shape index (κ3) is 3.70. The molecule has 18 heavy (non-hydrogen) atoms. The van der Waals surface area contributed by atoms with Crippen molar-refractivity contribution in [1.29, 1.82) is 5.26 Å². The number of likely N-dealkylation sites (N-methyl/N-ethyl adjacent to an activating group) is 1. The SMILES string of the molecule is CCC1C(=O)NCCN1CC(=O)N(C)CCC#N. The second-order valence-corrected chi connectivity index (χ2v) is 4.41. The first-order valence-corrected chi connectivity index (χ1v) is 6.22. The number of piperazine rings is 1. The van der Waals surface area contributed by atoms with Crippen LogP contribution in [0.25, 0.3) is 0 Å². The van der Waals surface area contributed by atoms with Gasteiger partial charge in [-0.1, -0.05) is 6.92 Å². The number of hydrogen-bond acceptors (Lipinski definition) is 4. The lowest BCUT2D eigenvalue weighted by Crippen LogP contribution is -2.57. The molecule has 0 aromatic heterocycles.